The number of hydrogen-bond acceptors (Lipinski definition) is 3. The third-order valence-corrected chi connectivity index (χ3v) is 3.37. The molecular weight excluding hydrogens is 338 g/mol. The van der Waals surface area contributed by atoms with Gasteiger partial charge in [-0.1, -0.05) is 35.9 Å². The van der Waals surface area contributed by atoms with Gasteiger partial charge in [0.2, 0.25) is 5.91 Å². The van der Waals surface area contributed by atoms with Crippen LogP contribution >= 0.6 is 11.6 Å². The van der Waals surface area contributed by atoms with Crippen molar-refractivity contribution < 1.29 is 18.3 Å². The number of hydrogen-bond donors (Lipinski definition) is 1. The van der Waals surface area contributed by atoms with Crippen LogP contribution in [0.3, 0.4) is 0 Å². The zero-order valence-electron chi connectivity index (χ0n) is 13.0. The minimum atomic E-state index is -2.95. The molecule has 128 valence electrons. The molecule has 0 radical (unpaired) electrons. The molecule has 2 aromatic rings. The first-order valence-corrected chi connectivity index (χ1v) is 7.58. The Balaban J connectivity index is 1.93. The third-order valence-electron chi connectivity index (χ3n) is 3.13. The van der Waals surface area contributed by atoms with Crippen molar-refractivity contribution in [1.82, 2.24) is 4.90 Å². The van der Waals surface area contributed by atoms with Crippen molar-refractivity contribution in [2.75, 3.05) is 18.9 Å². The molecule has 7 heteroatoms. The number of likely N-dealkylation sites (N-methyl/N-ethyl adjacent to an activating group) is 1. The lowest BCUT2D eigenvalue weighted by atomic mass is 10.2. The number of carbonyl (C=O) groups is 1. The maximum atomic E-state index is 12.4. The van der Waals surface area contributed by atoms with Gasteiger partial charge in [0.25, 0.3) is 0 Å². The Kier molecular flexibility index (Phi) is 6.52. The summed E-state index contributed by atoms with van der Waals surface area (Å²) >= 11 is 5.93. The molecule has 4 nitrogen and oxygen atoms in total. The van der Waals surface area contributed by atoms with Crippen LogP contribution in [-0.4, -0.2) is 31.0 Å². The van der Waals surface area contributed by atoms with Gasteiger partial charge >= 0.3 is 6.61 Å². The predicted octanol–water partition coefficient (Wildman–Crippen LogP) is 4.01. The van der Waals surface area contributed by atoms with Crippen LogP contribution in [0.4, 0.5) is 14.5 Å². The molecule has 0 atom stereocenters. The molecule has 0 aliphatic rings. The Morgan fingerprint density at radius 2 is 2.00 bits per heavy atom. The van der Waals surface area contributed by atoms with E-state index in [1.807, 2.05) is 18.2 Å². The van der Waals surface area contributed by atoms with Gasteiger partial charge in [0.05, 0.1) is 12.2 Å². The number of para-hydroxylation sites is 2. The van der Waals surface area contributed by atoms with Crippen molar-refractivity contribution >= 4 is 23.2 Å². The third kappa shape index (κ3) is 5.79. The van der Waals surface area contributed by atoms with Crippen LogP contribution in [-0.2, 0) is 11.3 Å². The van der Waals surface area contributed by atoms with Gasteiger partial charge < -0.3 is 10.1 Å². The number of nitrogens with zero attached hydrogens (tertiary/aromatic N) is 1. The average molecular weight is 355 g/mol. The van der Waals surface area contributed by atoms with Gasteiger partial charge in [-0.25, -0.2) is 0 Å². The Morgan fingerprint density at radius 1 is 1.25 bits per heavy atom. The maximum absolute atomic E-state index is 12.4. The SMILES string of the molecule is CN(CC(=O)Nc1ccccc1OC(F)F)Cc1cccc(Cl)c1. The Labute approximate surface area is 144 Å². The van der Waals surface area contributed by atoms with Crippen LogP contribution in [0.5, 0.6) is 5.75 Å². The quantitative estimate of drug-likeness (QED) is 0.816. The molecule has 2 rings (SSSR count). The summed E-state index contributed by atoms with van der Waals surface area (Å²) in [5, 5.41) is 3.21. The fraction of sp³-hybridized carbons (Fsp3) is 0.235. The van der Waals surface area contributed by atoms with E-state index >= 15 is 0 Å². The van der Waals surface area contributed by atoms with Crippen LogP contribution in [0, 0.1) is 0 Å². The molecule has 2 aromatic carbocycles. The first-order valence-electron chi connectivity index (χ1n) is 7.20. The van der Waals surface area contributed by atoms with E-state index in [0.29, 0.717) is 11.6 Å². The first-order chi connectivity index (χ1) is 11.4. The van der Waals surface area contributed by atoms with Crippen LogP contribution in [0.2, 0.25) is 5.02 Å². The summed E-state index contributed by atoms with van der Waals surface area (Å²) in [6, 6.07) is 13.4. The number of benzene rings is 2. The minimum absolute atomic E-state index is 0.0710. The number of ether oxygens (including phenoxy) is 1. The van der Waals surface area contributed by atoms with Gasteiger partial charge in [-0.05, 0) is 36.9 Å². The lowest BCUT2D eigenvalue weighted by Crippen LogP contribution is -2.30. The summed E-state index contributed by atoms with van der Waals surface area (Å²) < 4.78 is 29.1. The molecule has 0 spiro atoms. The summed E-state index contributed by atoms with van der Waals surface area (Å²) in [4.78, 5) is 13.9. The van der Waals surface area contributed by atoms with Crippen molar-refractivity contribution in [2.45, 2.75) is 13.2 Å². The number of nitrogens with one attached hydrogen (secondary N) is 1. The van der Waals surface area contributed by atoms with E-state index in [4.69, 9.17) is 11.6 Å². The van der Waals surface area contributed by atoms with Crippen molar-refractivity contribution in [2.24, 2.45) is 0 Å². The fourth-order valence-electron chi connectivity index (χ4n) is 2.21. The second kappa shape index (κ2) is 8.61. The van der Waals surface area contributed by atoms with Crippen molar-refractivity contribution in [3.8, 4) is 5.75 Å². The predicted molar refractivity (Wildman–Crippen MR) is 89.5 cm³/mol. The van der Waals surface area contributed by atoms with E-state index in [9.17, 15) is 13.6 Å². The van der Waals surface area contributed by atoms with Crippen molar-refractivity contribution in [3.63, 3.8) is 0 Å². The summed E-state index contributed by atoms with van der Waals surface area (Å²) in [5.74, 6) is -0.400. The minimum Gasteiger partial charge on any atom is -0.433 e. The van der Waals surface area contributed by atoms with E-state index < -0.39 is 6.61 Å². The highest BCUT2D eigenvalue weighted by Crippen LogP contribution is 2.25. The lowest BCUT2D eigenvalue weighted by molar-refractivity contribution is -0.117. The van der Waals surface area contributed by atoms with Crippen molar-refractivity contribution in [1.29, 1.82) is 0 Å². The van der Waals surface area contributed by atoms with Crippen LogP contribution in [0.15, 0.2) is 48.5 Å². The number of rotatable bonds is 7. The van der Waals surface area contributed by atoms with Gasteiger partial charge in [0, 0.05) is 11.6 Å². The summed E-state index contributed by atoms with van der Waals surface area (Å²) in [6.45, 7) is -2.33. The molecule has 0 heterocycles. The molecule has 24 heavy (non-hydrogen) atoms. The van der Waals surface area contributed by atoms with Gasteiger partial charge in [-0.2, -0.15) is 8.78 Å². The summed E-state index contributed by atoms with van der Waals surface area (Å²) in [6.07, 6.45) is 0. The van der Waals surface area contributed by atoms with E-state index in [0.717, 1.165) is 5.56 Å². The van der Waals surface area contributed by atoms with Crippen molar-refractivity contribution in [3.05, 3.63) is 59.1 Å². The van der Waals surface area contributed by atoms with E-state index in [2.05, 4.69) is 10.1 Å². The van der Waals surface area contributed by atoms with Gasteiger partial charge in [0.15, 0.2) is 0 Å². The number of anilines is 1. The molecule has 1 N–H and O–H groups in total. The highest BCUT2D eigenvalue weighted by atomic mass is 35.5. The first kappa shape index (κ1) is 18.2. The number of amides is 1. The zero-order valence-corrected chi connectivity index (χ0v) is 13.8. The summed E-state index contributed by atoms with van der Waals surface area (Å²) in [5.41, 5.74) is 1.18. The molecule has 1 amide bonds. The topological polar surface area (TPSA) is 41.6 Å². The second-order valence-corrected chi connectivity index (χ2v) is 5.66. The average Bonchev–Trinajstić information content (AvgIpc) is 2.48. The highest BCUT2D eigenvalue weighted by molar-refractivity contribution is 6.30. The van der Waals surface area contributed by atoms with Crippen LogP contribution in [0.1, 0.15) is 5.56 Å². The molecule has 0 aliphatic heterocycles. The number of alkyl halides is 2. The zero-order chi connectivity index (χ0) is 17.5. The van der Waals surface area contributed by atoms with E-state index in [1.165, 1.54) is 12.1 Å². The van der Waals surface area contributed by atoms with Crippen LogP contribution in [0.25, 0.3) is 0 Å². The van der Waals surface area contributed by atoms with Gasteiger partial charge in [0.1, 0.15) is 5.75 Å². The molecule has 0 fully saturated rings. The second-order valence-electron chi connectivity index (χ2n) is 5.23. The van der Waals surface area contributed by atoms with Gasteiger partial charge in [-0.3, -0.25) is 9.69 Å². The standard InChI is InChI=1S/C17H17ClF2N2O2/c1-22(10-12-5-4-6-13(18)9-12)11-16(23)21-14-7-2-3-8-15(14)24-17(19)20/h2-9,17H,10-11H2,1H3,(H,21,23). The molecule has 0 aromatic heterocycles. The molecule has 0 bridgehead atoms. The molecule has 0 saturated carbocycles. The number of carbonyl (C=O) groups excluding carboxylic acids is 1. The Hall–Kier alpha value is -2.18. The smallest absolute Gasteiger partial charge is 0.387 e. The van der Waals surface area contributed by atoms with E-state index in [-0.39, 0.29) is 23.9 Å². The molecule has 0 saturated heterocycles. The molecule has 0 unspecified atom stereocenters. The Bertz CT molecular complexity index is 698. The molecular formula is C17H17ClF2N2O2. The Morgan fingerprint density at radius 3 is 2.71 bits per heavy atom. The normalized spacial score (nSPS) is 10.9. The maximum Gasteiger partial charge on any atom is 0.387 e. The van der Waals surface area contributed by atoms with E-state index in [1.54, 1.807) is 30.1 Å². The van der Waals surface area contributed by atoms with Gasteiger partial charge in [-0.15, -0.1) is 0 Å². The fourth-order valence-corrected chi connectivity index (χ4v) is 2.42. The lowest BCUT2D eigenvalue weighted by Gasteiger charge is -2.17. The monoisotopic (exact) mass is 354 g/mol. The number of halogens is 3. The van der Waals surface area contributed by atoms with Crippen LogP contribution < -0.4 is 10.1 Å². The highest BCUT2D eigenvalue weighted by Gasteiger charge is 2.13. The molecule has 0 aliphatic carbocycles. The largest absolute Gasteiger partial charge is 0.433 e. The summed E-state index contributed by atoms with van der Waals surface area (Å²) in [7, 11) is 1.78.